The van der Waals surface area contributed by atoms with Gasteiger partial charge in [-0.3, -0.25) is 10.1 Å². The van der Waals surface area contributed by atoms with Crippen LogP contribution in [0.1, 0.15) is 0 Å². The third-order valence-electron chi connectivity index (χ3n) is 7.46. The van der Waals surface area contributed by atoms with Gasteiger partial charge in [0.05, 0.1) is 29.8 Å². The Kier molecular flexibility index (Phi) is 11.7. The van der Waals surface area contributed by atoms with Crippen molar-refractivity contribution in [2.75, 3.05) is 19.8 Å². The van der Waals surface area contributed by atoms with Gasteiger partial charge in [0.15, 0.2) is 25.0 Å². The number of nitrogens with zero attached hydrogens (tertiary/aromatic N) is 1. The fourth-order valence-corrected chi connectivity index (χ4v) is 5.23. The molecule has 0 radical (unpaired) electrons. The van der Waals surface area contributed by atoms with Crippen molar-refractivity contribution >= 4 is 17.3 Å². The Bertz CT molecular complexity index is 1110. The zero-order valence-corrected chi connectivity index (χ0v) is 23.3. The van der Waals surface area contributed by atoms with Gasteiger partial charge in [-0.1, -0.05) is 11.6 Å². The summed E-state index contributed by atoms with van der Waals surface area (Å²) < 4.78 is 33.0. The molecule has 19 nitrogen and oxygen atoms in total. The predicted molar refractivity (Wildman–Crippen MR) is 138 cm³/mol. The molecule has 1 unspecified atom stereocenters. The Balaban J connectivity index is 1.54. The van der Waals surface area contributed by atoms with Crippen molar-refractivity contribution in [3.05, 3.63) is 33.3 Å². The summed E-state index contributed by atoms with van der Waals surface area (Å²) in [7, 11) is 0. The Labute approximate surface area is 253 Å². The van der Waals surface area contributed by atoms with Crippen LogP contribution >= 0.6 is 11.6 Å². The molecule has 1 aromatic carbocycles. The molecule has 3 fully saturated rings. The van der Waals surface area contributed by atoms with E-state index in [0.29, 0.717) is 0 Å². The summed E-state index contributed by atoms with van der Waals surface area (Å²) in [6.07, 6.45) is -26.0. The number of hydrogen-bond acceptors (Lipinski definition) is 18. The number of halogens is 1. The number of nitro groups is 1. The molecular formula is C24H34ClNO18. The smallest absolute Gasteiger partial charge is 0.271 e. The standard InChI is InChI=1S/C24H34ClNO18/c25-8-3-7(26(37)38)1-2-9(8)39-21-14(31)13(30)10(4-27)41-24(21)44-20-12(6-29)42-23(18(35)16(20)33)43-19-11(5-28)40-22(36)17(34)15(19)32/h1-3,10-24,27-36H,4-6H2/t10-,11-,12-,13-,14+,15-,16-,17-,18-,19-,20-,21-,22?,23-,24-/m1/s1. The molecule has 1 aromatic rings. The van der Waals surface area contributed by atoms with Crippen LogP contribution in [-0.4, -0.2) is 168 Å². The summed E-state index contributed by atoms with van der Waals surface area (Å²) in [4.78, 5) is 10.3. The highest BCUT2D eigenvalue weighted by Crippen LogP contribution is 2.35. The van der Waals surface area contributed by atoms with Crippen molar-refractivity contribution in [1.29, 1.82) is 0 Å². The van der Waals surface area contributed by atoms with Crippen LogP contribution < -0.4 is 4.74 Å². The minimum atomic E-state index is -1.99. The first-order valence-electron chi connectivity index (χ1n) is 13.3. The monoisotopic (exact) mass is 659 g/mol. The van der Waals surface area contributed by atoms with Crippen LogP contribution in [0.15, 0.2) is 18.2 Å². The molecule has 3 aliphatic rings. The average molecular weight is 660 g/mol. The summed E-state index contributed by atoms with van der Waals surface area (Å²) in [5.74, 6) is -0.209. The van der Waals surface area contributed by atoms with Crippen molar-refractivity contribution in [2.45, 2.75) is 92.1 Å². The molecule has 0 bridgehead atoms. The van der Waals surface area contributed by atoms with Crippen LogP contribution in [0.25, 0.3) is 0 Å². The lowest BCUT2D eigenvalue weighted by Crippen LogP contribution is -2.67. The lowest BCUT2D eigenvalue weighted by molar-refractivity contribution is -0.384. The van der Waals surface area contributed by atoms with Gasteiger partial charge in [-0.15, -0.1) is 0 Å². The van der Waals surface area contributed by atoms with Crippen LogP contribution in [0.4, 0.5) is 5.69 Å². The topological polar surface area (TPSA) is 301 Å². The molecule has 3 saturated heterocycles. The van der Waals surface area contributed by atoms with E-state index in [0.717, 1.165) is 18.2 Å². The third-order valence-corrected chi connectivity index (χ3v) is 7.75. The lowest BCUT2D eigenvalue weighted by atomic mass is 9.96. The first kappa shape index (κ1) is 35.0. The maximum absolute atomic E-state index is 11.1. The van der Waals surface area contributed by atoms with Crippen molar-refractivity contribution in [3.8, 4) is 5.75 Å². The molecule has 3 heterocycles. The van der Waals surface area contributed by atoms with E-state index in [4.69, 9.17) is 40.0 Å². The SMILES string of the molecule is O=[N+]([O-])c1ccc(O[C@H]2[C@@H](O[C@H]3[C@H](O)[C@@H](O)[C@@H](O[C@H]4[C@H](O)[C@@H](O)C(O)O[C@@H]4CO)O[C@@H]3CO)O[C@H](CO)[C@@H](O)[C@@H]2O)c(Cl)c1. The molecule has 0 saturated carbocycles. The van der Waals surface area contributed by atoms with Gasteiger partial charge in [-0.2, -0.15) is 0 Å². The second-order valence-corrected chi connectivity index (χ2v) is 10.7. The summed E-state index contributed by atoms with van der Waals surface area (Å²) in [6.45, 7) is -2.50. The number of aliphatic hydroxyl groups is 10. The fourth-order valence-electron chi connectivity index (χ4n) is 5.01. The lowest BCUT2D eigenvalue weighted by Gasteiger charge is -2.48. The van der Waals surface area contributed by atoms with E-state index < -0.39 is 117 Å². The van der Waals surface area contributed by atoms with Crippen molar-refractivity contribution in [2.24, 2.45) is 0 Å². The largest absolute Gasteiger partial charge is 0.481 e. The first-order chi connectivity index (χ1) is 20.8. The molecule has 0 aromatic heterocycles. The fraction of sp³-hybridized carbons (Fsp3) is 0.750. The second kappa shape index (κ2) is 14.7. The molecule has 15 atom stereocenters. The highest BCUT2D eigenvalue weighted by molar-refractivity contribution is 6.32. The van der Waals surface area contributed by atoms with Gasteiger partial charge in [0.2, 0.25) is 0 Å². The van der Waals surface area contributed by atoms with Crippen LogP contribution in [0, 0.1) is 10.1 Å². The van der Waals surface area contributed by atoms with Crippen LogP contribution in [-0.2, 0) is 23.7 Å². The van der Waals surface area contributed by atoms with Crippen molar-refractivity contribution in [1.82, 2.24) is 0 Å². The molecule has 20 heteroatoms. The van der Waals surface area contributed by atoms with Crippen LogP contribution in [0.2, 0.25) is 5.02 Å². The Morgan fingerprint density at radius 2 is 1.23 bits per heavy atom. The van der Waals surface area contributed by atoms with E-state index in [1.807, 2.05) is 0 Å². The quantitative estimate of drug-likeness (QED) is 0.0831. The number of non-ortho nitro benzene ring substituents is 1. The van der Waals surface area contributed by atoms with E-state index in [9.17, 15) is 61.2 Å². The summed E-state index contributed by atoms with van der Waals surface area (Å²) >= 11 is 6.10. The third kappa shape index (κ3) is 7.08. The molecule has 0 aliphatic carbocycles. The molecule has 250 valence electrons. The second-order valence-electron chi connectivity index (χ2n) is 10.3. The zero-order chi connectivity index (χ0) is 32.5. The van der Waals surface area contributed by atoms with Crippen molar-refractivity contribution < 1.29 is 84.4 Å². The van der Waals surface area contributed by atoms with Gasteiger partial charge in [0, 0.05) is 12.1 Å². The molecule has 10 N–H and O–H groups in total. The van der Waals surface area contributed by atoms with E-state index in [-0.39, 0.29) is 16.5 Å². The van der Waals surface area contributed by atoms with Crippen molar-refractivity contribution in [3.63, 3.8) is 0 Å². The van der Waals surface area contributed by atoms with E-state index in [2.05, 4.69) is 0 Å². The van der Waals surface area contributed by atoms with Gasteiger partial charge in [-0.25, -0.2) is 0 Å². The van der Waals surface area contributed by atoms with Crippen LogP contribution in [0.5, 0.6) is 5.75 Å². The van der Waals surface area contributed by atoms with E-state index in [1.54, 1.807) is 0 Å². The predicted octanol–water partition coefficient (Wildman–Crippen LogP) is -4.92. The van der Waals surface area contributed by atoms with E-state index >= 15 is 0 Å². The van der Waals surface area contributed by atoms with E-state index in [1.165, 1.54) is 0 Å². The van der Waals surface area contributed by atoms with Gasteiger partial charge < -0.3 is 79.5 Å². The normalized spacial score (nSPS) is 43.0. The van der Waals surface area contributed by atoms with Gasteiger partial charge >= 0.3 is 0 Å². The van der Waals surface area contributed by atoms with Crippen LogP contribution in [0.3, 0.4) is 0 Å². The number of hydrogen-bond donors (Lipinski definition) is 10. The molecular weight excluding hydrogens is 626 g/mol. The Hall–Kier alpha value is -1.89. The summed E-state index contributed by atoms with van der Waals surface area (Å²) in [6, 6.07) is 3.11. The number of benzene rings is 1. The molecule has 4 rings (SSSR count). The molecule has 0 spiro atoms. The average Bonchev–Trinajstić information content (AvgIpc) is 3.00. The number of aliphatic hydroxyl groups excluding tert-OH is 10. The minimum Gasteiger partial charge on any atom is -0.481 e. The number of rotatable bonds is 10. The first-order valence-corrected chi connectivity index (χ1v) is 13.7. The van der Waals surface area contributed by atoms with Gasteiger partial charge in [0.1, 0.15) is 72.9 Å². The Morgan fingerprint density at radius 1 is 0.705 bits per heavy atom. The number of ether oxygens (including phenoxy) is 6. The minimum absolute atomic E-state index is 0.209. The number of nitro benzene ring substituents is 1. The Morgan fingerprint density at radius 3 is 1.80 bits per heavy atom. The summed E-state index contributed by atoms with van der Waals surface area (Å²) in [5, 5.41) is 113. The summed E-state index contributed by atoms with van der Waals surface area (Å²) in [5.41, 5.74) is -0.377. The zero-order valence-electron chi connectivity index (χ0n) is 22.6. The molecule has 44 heavy (non-hydrogen) atoms. The van der Waals surface area contributed by atoms with Gasteiger partial charge in [0.25, 0.3) is 5.69 Å². The molecule has 3 aliphatic heterocycles. The maximum Gasteiger partial charge on any atom is 0.271 e. The highest BCUT2D eigenvalue weighted by atomic mass is 35.5. The molecule has 0 amide bonds. The maximum atomic E-state index is 11.1. The van der Waals surface area contributed by atoms with Gasteiger partial charge in [-0.05, 0) is 6.07 Å². The highest BCUT2D eigenvalue weighted by Gasteiger charge is 2.54.